The number of ether oxygens (including phenoxy) is 1. The van der Waals surface area contributed by atoms with E-state index in [9.17, 15) is 23.2 Å². The van der Waals surface area contributed by atoms with Crippen molar-refractivity contribution < 1.29 is 33.0 Å². The van der Waals surface area contributed by atoms with Crippen molar-refractivity contribution in [2.45, 2.75) is 31.2 Å². The molecule has 4 rings (SSSR count). The number of nitrogens with one attached hydrogen (secondary N) is 2. The molecule has 1 fully saturated rings. The lowest BCUT2D eigenvalue weighted by atomic mass is 9.98. The highest BCUT2D eigenvalue weighted by molar-refractivity contribution is 5.83. The molecule has 1 saturated carbocycles. The summed E-state index contributed by atoms with van der Waals surface area (Å²) in [7, 11) is 0. The van der Waals surface area contributed by atoms with Crippen LogP contribution in [0.15, 0.2) is 48.5 Å². The molecule has 0 spiro atoms. The summed E-state index contributed by atoms with van der Waals surface area (Å²) in [6.45, 7) is 0.340. The van der Waals surface area contributed by atoms with E-state index in [2.05, 4.69) is 10.6 Å². The highest BCUT2D eigenvalue weighted by atomic mass is 19.3. The van der Waals surface area contributed by atoms with Gasteiger partial charge in [-0.3, -0.25) is 9.59 Å². The molecule has 2 aromatic carbocycles. The van der Waals surface area contributed by atoms with E-state index in [4.69, 9.17) is 9.84 Å². The molecule has 2 aromatic rings. The van der Waals surface area contributed by atoms with Gasteiger partial charge in [-0.25, -0.2) is 13.6 Å². The van der Waals surface area contributed by atoms with Gasteiger partial charge in [-0.15, -0.1) is 0 Å². The summed E-state index contributed by atoms with van der Waals surface area (Å²) < 4.78 is 31.2. The number of fused-ring (bicyclic) bond motifs is 3. The summed E-state index contributed by atoms with van der Waals surface area (Å²) in [5.41, 5.74) is 4.44. The first kappa shape index (κ1) is 22.7. The van der Waals surface area contributed by atoms with Crippen LogP contribution >= 0.6 is 0 Å². The standard InChI is InChI=1S/C24H24F2N2O5/c25-22(26)20(10-21(29)30)28-23(31)18-9-13(18)11-27-24(32)33-12-19-16-7-3-1-5-14(16)15-6-2-4-8-17(15)19/h1-8,13,18-20,22H,9-12H2,(H,27,32)(H,28,31)(H,29,30)/t13-,18-,20?/m0/s1. The van der Waals surface area contributed by atoms with Crippen LogP contribution in [0.4, 0.5) is 13.6 Å². The molecule has 9 heteroatoms. The zero-order valence-corrected chi connectivity index (χ0v) is 17.7. The number of carbonyl (C=O) groups excluding carboxylic acids is 2. The van der Waals surface area contributed by atoms with Crippen LogP contribution in [-0.4, -0.2) is 48.7 Å². The first-order valence-corrected chi connectivity index (χ1v) is 10.7. The maximum Gasteiger partial charge on any atom is 0.407 e. The largest absolute Gasteiger partial charge is 0.481 e. The van der Waals surface area contributed by atoms with Gasteiger partial charge in [0.2, 0.25) is 5.91 Å². The molecule has 174 valence electrons. The summed E-state index contributed by atoms with van der Waals surface area (Å²) in [6, 6.07) is 14.2. The van der Waals surface area contributed by atoms with Crippen LogP contribution in [0.25, 0.3) is 11.1 Å². The minimum atomic E-state index is -2.97. The predicted molar refractivity (Wildman–Crippen MR) is 115 cm³/mol. The highest BCUT2D eigenvalue weighted by Gasteiger charge is 2.44. The van der Waals surface area contributed by atoms with Gasteiger partial charge in [0.15, 0.2) is 0 Å². The van der Waals surface area contributed by atoms with Crippen molar-refractivity contribution >= 4 is 18.0 Å². The minimum Gasteiger partial charge on any atom is -0.481 e. The Bertz CT molecular complexity index is 1020. The number of amides is 2. The maximum absolute atomic E-state index is 12.9. The van der Waals surface area contributed by atoms with Gasteiger partial charge in [0.1, 0.15) is 12.6 Å². The molecule has 0 bridgehead atoms. The zero-order valence-electron chi connectivity index (χ0n) is 17.7. The van der Waals surface area contributed by atoms with Crippen LogP contribution in [0.1, 0.15) is 29.9 Å². The molecular weight excluding hydrogens is 434 g/mol. The third kappa shape index (κ3) is 5.13. The first-order valence-electron chi connectivity index (χ1n) is 10.7. The van der Waals surface area contributed by atoms with Crippen molar-refractivity contribution in [3.8, 4) is 11.1 Å². The van der Waals surface area contributed by atoms with Gasteiger partial charge >= 0.3 is 12.1 Å². The minimum absolute atomic E-state index is 0.0666. The molecule has 2 aliphatic rings. The third-order valence-electron chi connectivity index (χ3n) is 6.14. The maximum atomic E-state index is 12.9. The quantitative estimate of drug-likeness (QED) is 0.534. The molecule has 0 aromatic heterocycles. The Morgan fingerprint density at radius 3 is 2.21 bits per heavy atom. The number of halogens is 2. The summed E-state index contributed by atoms with van der Waals surface area (Å²) in [5, 5.41) is 13.4. The van der Waals surface area contributed by atoms with Crippen LogP contribution in [0, 0.1) is 11.8 Å². The number of rotatable bonds is 9. The van der Waals surface area contributed by atoms with Crippen LogP contribution in [-0.2, 0) is 14.3 Å². The van der Waals surface area contributed by atoms with Crippen molar-refractivity contribution in [1.82, 2.24) is 10.6 Å². The average molecular weight is 458 g/mol. The second kappa shape index (κ2) is 9.56. The van der Waals surface area contributed by atoms with Crippen molar-refractivity contribution in [3.05, 3.63) is 59.7 Å². The molecule has 7 nitrogen and oxygen atoms in total. The van der Waals surface area contributed by atoms with Crippen LogP contribution < -0.4 is 10.6 Å². The number of benzene rings is 2. The Morgan fingerprint density at radius 2 is 1.64 bits per heavy atom. The van der Waals surface area contributed by atoms with Gasteiger partial charge in [0.25, 0.3) is 6.43 Å². The Hall–Kier alpha value is -3.49. The zero-order chi connectivity index (χ0) is 23.5. The van der Waals surface area contributed by atoms with Gasteiger partial charge < -0.3 is 20.5 Å². The lowest BCUT2D eigenvalue weighted by Crippen LogP contribution is -2.42. The Balaban J connectivity index is 1.24. The number of hydrogen-bond acceptors (Lipinski definition) is 4. The summed E-state index contributed by atoms with van der Waals surface area (Å²) in [4.78, 5) is 35.0. The van der Waals surface area contributed by atoms with Crippen LogP contribution in [0.3, 0.4) is 0 Å². The Morgan fingerprint density at radius 1 is 1.03 bits per heavy atom. The number of alkyl carbamates (subject to hydrolysis) is 1. The summed E-state index contributed by atoms with van der Waals surface area (Å²) in [6.07, 6.45) is -4.00. The number of hydrogen-bond donors (Lipinski definition) is 3. The Labute approximate surface area is 189 Å². The predicted octanol–water partition coefficient (Wildman–Crippen LogP) is 3.39. The average Bonchev–Trinajstić information content (AvgIpc) is 3.51. The van der Waals surface area contributed by atoms with Crippen molar-refractivity contribution in [2.75, 3.05) is 13.2 Å². The molecule has 0 saturated heterocycles. The topological polar surface area (TPSA) is 105 Å². The molecule has 2 aliphatic carbocycles. The van der Waals surface area contributed by atoms with E-state index in [1.807, 2.05) is 48.5 Å². The molecule has 0 aliphatic heterocycles. The van der Waals surface area contributed by atoms with E-state index in [0.29, 0.717) is 6.42 Å². The van der Waals surface area contributed by atoms with E-state index in [-0.39, 0.29) is 25.0 Å². The SMILES string of the molecule is O=C(O)CC(NC(=O)[C@H]1C[C@H]1CNC(=O)OCC1c2ccccc2-c2ccccc21)C(F)F. The van der Waals surface area contributed by atoms with Crippen molar-refractivity contribution in [1.29, 1.82) is 0 Å². The molecule has 3 N–H and O–H groups in total. The smallest absolute Gasteiger partial charge is 0.407 e. The number of aliphatic carboxylic acids is 1. The monoisotopic (exact) mass is 458 g/mol. The first-order chi connectivity index (χ1) is 15.8. The second-order valence-corrected chi connectivity index (χ2v) is 8.36. The Kier molecular flexibility index (Phi) is 6.57. The lowest BCUT2D eigenvalue weighted by molar-refractivity contribution is -0.139. The lowest BCUT2D eigenvalue weighted by Gasteiger charge is -2.16. The van der Waals surface area contributed by atoms with Gasteiger partial charge in [-0.05, 0) is 34.6 Å². The highest BCUT2D eigenvalue weighted by Crippen LogP contribution is 2.44. The molecule has 33 heavy (non-hydrogen) atoms. The molecule has 1 unspecified atom stereocenters. The van der Waals surface area contributed by atoms with Crippen LogP contribution in [0.5, 0.6) is 0 Å². The van der Waals surface area contributed by atoms with E-state index in [1.165, 1.54) is 0 Å². The molecule has 0 radical (unpaired) electrons. The van der Waals surface area contributed by atoms with E-state index in [0.717, 1.165) is 22.3 Å². The van der Waals surface area contributed by atoms with E-state index in [1.54, 1.807) is 0 Å². The fourth-order valence-electron chi connectivity index (χ4n) is 4.34. The normalized spacial score (nSPS) is 19.4. The van der Waals surface area contributed by atoms with Gasteiger partial charge in [0.05, 0.1) is 6.42 Å². The van der Waals surface area contributed by atoms with Crippen molar-refractivity contribution in [2.24, 2.45) is 11.8 Å². The van der Waals surface area contributed by atoms with Crippen molar-refractivity contribution in [3.63, 3.8) is 0 Å². The number of carbonyl (C=O) groups is 3. The number of carboxylic acid groups (broad SMARTS) is 1. The fraction of sp³-hybridized carbons (Fsp3) is 0.375. The van der Waals surface area contributed by atoms with E-state index < -0.39 is 42.8 Å². The van der Waals surface area contributed by atoms with Gasteiger partial charge in [0, 0.05) is 18.4 Å². The molecular formula is C24H24F2N2O5. The number of alkyl halides is 2. The third-order valence-corrected chi connectivity index (χ3v) is 6.14. The van der Waals surface area contributed by atoms with Gasteiger partial charge in [-0.2, -0.15) is 0 Å². The summed E-state index contributed by atoms with van der Waals surface area (Å²) >= 11 is 0. The van der Waals surface area contributed by atoms with Gasteiger partial charge in [-0.1, -0.05) is 48.5 Å². The molecule has 2 amide bonds. The van der Waals surface area contributed by atoms with E-state index >= 15 is 0 Å². The summed E-state index contributed by atoms with van der Waals surface area (Å²) in [5.74, 6) is -2.84. The molecule has 0 heterocycles. The fourth-order valence-corrected chi connectivity index (χ4v) is 4.34. The molecule has 3 atom stereocenters. The number of carboxylic acids is 1. The second-order valence-electron chi connectivity index (χ2n) is 8.36. The van der Waals surface area contributed by atoms with Crippen LogP contribution in [0.2, 0.25) is 0 Å².